The second-order valence-corrected chi connectivity index (χ2v) is 9.94. The van der Waals surface area contributed by atoms with Gasteiger partial charge < -0.3 is 0 Å². The summed E-state index contributed by atoms with van der Waals surface area (Å²) in [6.45, 7) is 5.18. The summed E-state index contributed by atoms with van der Waals surface area (Å²) in [6, 6.07) is 9.36. The largest absolute Gasteiger partial charge is 0.274 e. The van der Waals surface area contributed by atoms with Crippen molar-refractivity contribution in [2.45, 2.75) is 50.1 Å². The fourth-order valence-electron chi connectivity index (χ4n) is 3.45. The third-order valence-electron chi connectivity index (χ3n) is 5.32. The monoisotopic (exact) mass is 452 g/mol. The Bertz CT molecular complexity index is 1070. The number of hydrogen-bond donors (Lipinski definition) is 0. The van der Waals surface area contributed by atoms with Crippen molar-refractivity contribution in [2.75, 3.05) is 4.90 Å². The van der Waals surface area contributed by atoms with Crippen LogP contribution in [0.15, 0.2) is 53.4 Å². The van der Waals surface area contributed by atoms with Crippen LogP contribution in [0.2, 0.25) is 5.02 Å². The van der Waals surface area contributed by atoms with Gasteiger partial charge in [-0.2, -0.15) is 4.31 Å². The SMILES string of the molecule is CCC(C)(C)N(C1CC(=O)N(c2ccc(Cl)cc2)C1=O)S(=O)(=O)c1ccc(F)cc1. The number of carbonyl (C=O) groups is 2. The van der Waals surface area contributed by atoms with Gasteiger partial charge in [-0.25, -0.2) is 17.7 Å². The zero-order valence-electron chi connectivity index (χ0n) is 16.8. The predicted octanol–water partition coefficient (Wildman–Crippen LogP) is 3.99. The Balaban J connectivity index is 2.07. The molecule has 30 heavy (non-hydrogen) atoms. The summed E-state index contributed by atoms with van der Waals surface area (Å²) in [4.78, 5) is 26.8. The van der Waals surface area contributed by atoms with Crippen LogP contribution >= 0.6 is 11.6 Å². The molecule has 1 saturated heterocycles. The first-order valence-corrected chi connectivity index (χ1v) is 11.2. The summed E-state index contributed by atoms with van der Waals surface area (Å²) in [5.41, 5.74) is -0.644. The van der Waals surface area contributed by atoms with Crippen molar-refractivity contribution in [1.29, 1.82) is 0 Å². The Hall–Kier alpha value is -2.29. The lowest BCUT2D eigenvalue weighted by Gasteiger charge is -2.39. The zero-order valence-corrected chi connectivity index (χ0v) is 18.4. The molecule has 0 spiro atoms. The van der Waals surface area contributed by atoms with E-state index in [0.29, 0.717) is 17.1 Å². The van der Waals surface area contributed by atoms with Crippen molar-refractivity contribution in [3.8, 4) is 0 Å². The highest BCUT2D eigenvalue weighted by molar-refractivity contribution is 7.89. The van der Waals surface area contributed by atoms with Gasteiger partial charge in [0.2, 0.25) is 15.9 Å². The standard InChI is InChI=1S/C21H22ClFN2O4S/c1-4-21(2,3)25(30(28,29)17-11-7-15(23)8-12-17)18-13-19(26)24(20(18)27)16-9-5-14(22)6-10-16/h5-12,18H,4,13H2,1-3H3. The van der Waals surface area contributed by atoms with E-state index in [-0.39, 0.29) is 11.3 Å². The number of imide groups is 1. The molecule has 1 atom stereocenters. The van der Waals surface area contributed by atoms with Gasteiger partial charge in [-0.05, 0) is 68.8 Å². The molecule has 0 aliphatic carbocycles. The van der Waals surface area contributed by atoms with E-state index in [1.54, 1.807) is 32.9 Å². The number of anilines is 1. The first-order chi connectivity index (χ1) is 14.0. The lowest BCUT2D eigenvalue weighted by molar-refractivity contribution is -0.122. The highest BCUT2D eigenvalue weighted by Crippen LogP contribution is 2.35. The Morgan fingerprint density at radius 2 is 1.67 bits per heavy atom. The molecule has 2 amide bonds. The van der Waals surface area contributed by atoms with E-state index in [1.165, 1.54) is 12.1 Å². The average Bonchev–Trinajstić information content (AvgIpc) is 2.96. The molecule has 1 unspecified atom stereocenters. The Morgan fingerprint density at radius 1 is 1.10 bits per heavy atom. The number of amides is 2. The van der Waals surface area contributed by atoms with Gasteiger partial charge in [-0.3, -0.25) is 9.59 Å². The van der Waals surface area contributed by atoms with Crippen molar-refractivity contribution in [3.63, 3.8) is 0 Å². The summed E-state index contributed by atoms with van der Waals surface area (Å²) in [6.07, 6.45) is 0.109. The molecule has 3 rings (SSSR count). The van der Waals surface area contributed by atoms with Crippen LogP contribution in [0.4, 0.5) is 10.1 Å². The number of benzene rings is 2. The second-order valence-electron chi connectivity index (χ2n) is 7.68. The molecule has 160 valence electrons. The first-order valence-electron chi connectivity index (χ1n) is 9.41. The predicted molar refractivity (Wildman–Crippen MR) is 112 cm³/mol. The van der Waals surface area contributed by atoms with E-state index in [4.69, 9.17) is 11.6 Å². The van der Waals surface area contributed by atoms with Crippen LogP contribution in [0.25, 0.3) is 0 Å². The molecule has 0 bridgehead atoms. The first kappa shape index (κ1) is 22.4. The maximum Gasteiger partial charge on any atom is 0.252 e. The number of nitrogens with zero attached hydrogens (tertiary/aromatic N) is 2. The van der Waals surface area contributed by atoms with E-state index in [0.717, 1.165) is 33.5 Å². The number of hydrogen-bond acceptors (Lipinski definition) is 4. The molecular formula is C21H22ClFN2O4S. The van der Waals surface area contributed by atoms with Crippen LogP contribution in [0.3, 0.4) is 0 Å². The fraction of sp³-hybridized carbons (Fsp3) is 0.333. The molecule has 1 aliphatic rings. The normalized spacial score (nSPS) is 17.8. The summed E-state index contributed by atoms with van der Waals surface area (Å²) in [7, 11) is -4.19. The molecule has 0 aromatic heterocycles. The molecule has 1 fully saturated rings. The molecule has 1 aliphatic heterocycles. The molecule has 9 heteroatoms. The summed E-state index contributed by atoms with van der Waals surface area (Å²) in [5.74, 6) is -1.70. The lowest BCUT2D eigenvalue weighted by atomic mass is 10.00. The highest BCUT2D eigenvalue weighted by atomic mass is 35.5. The van der Waals surface area contributed by atoms with Gasteiger partial charge in [0.1, 0.15) is 11.9 Å². The minimum atomic E-state index is -4.19. The van der Waals surface area contributed by atoms with Crippen LogP contribution in [-0.2, 0) is 19.6 Å². The molecule has 2 aromatic rings. The van der Waals surface area contributed by atoms with Gasteiger partial charge in [-0.1, -0.05) is 18.5 Å². The smallest absolute Gasteiger partial charge is 0.252 e. The van der Waals surface area contributed by atoms with Crippen LogP contribution in [-0.4, -0.2) is 36.1 Å². The van der Waals surface area contributed by atoms with Crippen LogP contribution in [0, 0.1) is 5.82 Å². The van der Waals surface area contributed by atoms with Gasteiger partial charge in [0.25, 0.3) is 5.91 Å². The number of rotatable bonds is 6. The molecule has 0 N–H and O–H groups in total. The van der Waals surface area contributed by atoms with E-state index in [2.05, 4.69) is 0 Å². The van der Waals surface area contributed by atoms with Crippen molar-refractivity contribution >= 4 is 39.1 Å². The zero-order chi connectivity index (χ0) is 22.3. The number of halogens is 2. The Kier molecular flexibility index (Phi) is 6.04. The van der Waals surface area contributed by atoms with Gasteiger partial charge >= 0.3 is 0 Å². The molecule has 6 nitrogen and oxygen atoms in total. The fourth-order valence-corrected chi connectivity index (χ4v) is 5.56. The van der Waals surface area contributed by atoms with Gasteiger partial charge in [0.05, 0.1) is 17.0 Å². The number of carbonyl (C=O) groups excluding carboxylic acids is 2. The Morgan fingerprint density at radius 3 is 2.20 bits per heavy atom. The number of sulfonamides is 1. The summed E-state index contributed by atoms with van der Waals surface area (Å²) >= 11 is 5.89. The van der Waals surface area contributed by atoms with E-state index >= 15 is 0 Å². The molecule has 0 radical (unpaired) electrons. The van der Waals surface area contributed by atoms with E-state index < -0.39 is 39.2 Å². The minimum Gasteiger partial charge on any atom is -0.274 e. The van der Waals surface area contributed by atoms with Gasteiger partial charge in [-0.15, -0.1) is 0 Å². The highest BCUT2D eigenvalue weighted by Gasteiger charge is 2.51. The van der Waals surface area contributed by atoms with Crippen LogP contribution < -0.4 is 4.90 Å². The van der Waals surface area contributed by atoms with E-state index in [1.807, 2.05) is 0 Å². The summed E-state index contributed by atoms with van der Waals surface area (Å²) < 4.78 is 41.4. The van der Waals surface area contributed by atoms with E-state index in [9.17, 15) is 22.4 Å². The molecular weight excluding hydrogens is 431 g/mol. The topological polar surface area (TPSA) is 74.8 Å². The Labute approximate surface area is 180 Å². The maximum atomic E-state index is 13.5. The molecule has 0 saturated carbocycles. The minimum absolute atomic E-state index is 0.143. The van der Waals surface area contributed by atoms with Gasteiger partial charge in [0.15, 0.2) is 0 Å². The van der Waals surface area contributed by atoms with Crippen LogP contribution in [0.5, 0.6) is 0 Å². The molecule has 1 heterocycles. The van der Waals surface area contributed by atoms with Crippen molar-refractivity contribution < 1.29 is 22.4 Å². The van der Waals surface area contributed by atoms with Crippen molar-refractivity contribution in [2.24, 2.45) is 0 Å². The third-order valence-corrected chi connectivity index (χ3v) is 7.71. The molecule has 2 aromatic carbocycles. The van der Waals surface area contributed by atoms with Crippen molar-refractivity contribution in [1.82, 2.24) is 4.31 Å². The van der Waals surface area contributed by atoms with Crippen LogP contribution in [0.1, 0.15) is 33.6 Å². The lowest BCUT2D eigenvalue weighted by Crippen LogP contribution is -2.55. The second kappa shape index (κ2) is 8.09. The quantitative estimate of drug-likeness (QED) is 0.621. The third kappa shape index (κ3) is 3.99. The summed E-state index contributed by atoms with van der Waals surface area (Å²) in [5, 5.41) is 0.446. The maximum absolute atomic E-state index is 13.5. The van der Waals surface area contributed by atoms with Gasteiger partial charge in [0, 0.05) is 10.6 Å². The van der Waals surface area contributed by atoms with Crippen molar-refractivity contribution in [3.05, 3.63) is 59.4 Å². The average molecular weight is 453 g/mol.